The molecule has 1 aromatic rings. The molecule has 0 unspecified atom stereocenters. The minimum absolute atomic E-state index is 0.170. The Balaban J connectivity index is 2.02. The van der Waals surface area contributed by atoms with Gasteiger partial charge in [0.25, 0.3) is 0 Å². The van der Waals surface area contributed by atoms with Gasteiger partial charge in [-0.15, -0.1) is 0 Å². The van der Waals surface area contributed by atoms with Gasteiger partial charge in [-0.05, 0) is 43.4 Å². The standard InChI is InChI=1S/C19H22O3/c1-4-14(20)17-15(21)9-19(10-16(17)22)6-5-13-8-11(2)7-12(3)18(13)19/h7-8,17H,4-6,9-10H2,1-3H3. The van der Waals surface area contributed by atoms with Crippen molar-refractivity contribution in [3.8, 4) is 0 Å². The van der Waals surface area contributed by atoms with Gasteiger partial charge in [-0.25, -0.2) is 0 Å². The Morgan fingerprint density at radius 1 is 1.18 bits per heavy atom. The van der Waals surface area contributed by atoms with Crippen molar-refractivity contribution in [3.05, 3.63) is 34.4 Å². The van der Waals surface area contributed by atoms with Crippen LogP contribution in [0.2, 0.25) is 0 Å². The lowest BCUT2D eigenvalue weighted by atomic mass is 9.64. The molecule has 3 rings (SSSR count). The van der Waals surface area contributed by atoms with Gasteiger partial charge in [-0.2, -0.15) is 0 Å². The van der Waals surface area contributed by atoms with E-state index in [1.165, 1.54) is 22.3 Å². The summed E-state index contributed by atoms with van der Waals surface area (Å²) >= 11 is 0. The predicted octanol–water partition coefficient (Wildman–Crippen LogP) is 3.01. The van der Waals surface area contributed by atoms with Crippen LogP contribution in [-0.2, 0) is 26.2 Å². The van der Waals surface area contributed by atoms with Gasteiger partial charge in [-0.3, -0.25) is 14.4 Å². The molecule has 1 fully saturated rings. The fraction of sp³-hybridized carbons (Fsp3) is 0.526. The van der Waals surface area contributed by atoms with Gasteiger partial charge in [-0.1, -0.05) is 24.6 Å². The van der Waals surface area contributed by atoms with Gasteiger partial charge in [0.15, 0.2) is 17.3 Å². The van der Waals surface area contributed by atoms with Gasteiger partial charge < -0.3 is 0 Å². The van der Waals surface area contributed by atoms with E-state index < -0.39 is 5.92 Å². The van der Waals surface area contributed by atoms with Crippen molar-refractivity contribution in [1.82, 2.24) is 0 Å². The van der Waals surface area contributed by atoms with Crippen LogP contribution in [0.5, 0.6) is 0 Å². The molecular formula is C19H22O3. The van der Waals surface area contributed by atoms with E-state index in [9.17, 15) is 14.4 Å². The molecule has 116 valence electrons. The Morgan fingerprint density at radius 2 is 1.82 bits per heavy atom. The number of ketones is 3. The molecule has 0 atom stereocenters. The number of hydrogen-bond acceptors (Lipinski definition) is 3. The molecule has 0 heterocycles. The summed E-state index contributed by atoms with van der Waals surface area (Å²) < 4.78 is 0. The first-order valence-corrected chi connectivity index (χ1v) is 8.07. The fourth-order valence-electron chi connectivity index (χ4n) is 4.54. The van der Waals surface area contributed by atoms with E-state index in [1.807, 2.05) is 0 Å². The van der Waals surface area contributed by atoms with Crippen molar-refractivity contribution in [1.29, 1.82) is 0 Å². The highest BCUT2D eigenvalue weighted by atomic mass is 16.2. The predicted molar refractivity (Wildman–Crippen MR) is 84.0 cm³/mol. The molecule has 0 saturated heterocycles. The third-order valence-electron chi connectivity index (χ3n) is 5.30. The van der Waals surface area contributed by atoms with Gasteiger partial charge in [0.1, 0.15) is 5.92 Å². The molecule has 2 aliphatic rings. The second-order valence-electron chi connectivity index (χ2n) is 6.94. The summed E-state index contributed by atoms with van der Waals surface area (Å²) in [4.78, 5) is 36.9. The fourth-order valence-corrected chi connectivity index (χ4v) is 4.54. The SMILES string of the molecule is CCC(=O)C1C(=O)CC2(CCc3cc(C)cc(C)c32)CC1=O. The van der Waals surface area contributed by atoms with E-state index in [-0.39, 0.29) is 29.2 Å². The van der Waals surface area contributed by atoms with Crippen LogP contribution in [0.3, 0.4) is 0 Å². The van der Waals surface area contributed by atoms with Crippen LogP contribution in [0.25, 0.3) is 0 Å². The van der Waals surface area contributed by atoms with E-state index in [1.54, 1.807) is 6.92 Å². The third-order valence-corrected chi connectivity index (χ3v) is 5.30. The van der Waals surface area contributed by atoms with Crippen LogP contribution in [0.4, 0.5) is 0 Å². The average Bonchev–Trinajstić information content (AvgIpc) is 2.75. The summed E-state index contributed by atoms with van der Waals surface area (Å²) in [6.45, 7) is 5.85. The van der Waals surface area contributed by atoms with Crippen LogP contribution in [-0.4, -0.2) is 17.3 Å². The Hall–Kier alpha value is -1.77. The van der Waals surface area contributed by atoms with Crippen LogP contribution in [0.15, 0.2) is 12.1 Å². The number of aryl methyl sites for hydroxylation is 3. The Kier molecular flexibility index (Phi) is 3.54. The summed E-state index contributed by atoms with van der Waals surface area (Å²) in [6.07, 6.45) is 2.70. The number of carbonyl (C=O) groups is 3. The number of rotatable bonds is 2. The summed E-state index contributed by atoms with van der Waals surface area (Å²) in [5.74, 6) is -1.55. The van der Waals surface area contributed by atoms with Gasteiger partial charge in [0.2, 0.25) is 0 Å². The first-order valence-electron chi connectivity index (χ1n) is 8.07. The summed E-state index contributed by atoms with van der Waals surface area (Å²) in [5, 5.41) is 0. The molecule has 0 aliphatic heterocycles. The Bertz CT molecular complexity index is 666. The molecule has 1 aromatic carbocycles. The van der Waals surface area contributed by atoms with Crippen LogP contribution < -0.4 is 0 Å². The lowest BCUT2D eigenvalue weighted by Gasteiger charge is -2.36. The molecule has 3 nitrogen and oxygen atoms in total. The average molecular weight is 298 g/mol. The summed E-state index contributed by atoms with van der Waals surface area (Å²) in [7, 11) is 0. The largest absolute Gasteiger partial charge is 0.298 e. The van der Waals surface area contributed by atoms with Crippen molar-refractivity contribution >= 4 is 17.3 Å². The van der Waals surface area contributed by atoms with Crippen LogP contribution >= 0.6 is 0 Å². The number of benzene rings is 1. The van der Waals surface area contributed by atoms with Gasteiger partial charge in [0, 0.05) is 24.7 Å². The topological polar surface area (TPSA) is 51.2 Å². The normalized spacial score (nSPS) is 27.3. The van der Waals surface area contributed by atoms with Crippen LogP contribution in [0, 0.1) is 19.8 Å². The van der Waals surface area contributed by atoms with E-state index in [0.29, 0.717) is 12.8 Å². The molecular weight excluding hydrogens is 276 g/mol. The quantitative estimate of drug-likeness (QED) is 0.789. The lowest BCUT2D eigenvalue weighted by Crippen LogP contribution is -2.45. The highest BCUT2D eigenvalue weighted by molar-refractivity contribution is 6.21. The minimum Gasteiger partial charge on any atom is -0.298 e. The number of fused-ring (bicyclic) bond motifs is 2. The monoisotopic (exact) mass is 298 g/mol. The molecule has 1 spiro atoms. The van der Waals surface area contributed by atoms with E-state index >= 15 is 0 Å². The zero-order valence-electron chi connectivity index (χ0n) is 13.5. The molecule has 0 aromatic heterocycles. The lowest BCUT2D eigenvalue weighted by molar-refractivity contribution is -0.144. The van der Waals surface area contributed by atoms with E-state index in [2.05, 4.69) is 26.0 Å². The molecule has 0 N–H and O–H groups in total. The highest BCUT2D eigenvalue weighted by Crippen LogP contribution is 2.49. The Morgan fingerprint density at radius 3 is 2.41 bits per heavy atom. The molecule has 2 aliphatic carbocycles. The molecule has 0 amide bonds. The first kappa shape index (κ1) is 15.1. The highest BCUT2D eigenvalue weighted by Gasteiger charge is 2.50. The summed E-state index contributed by atoms with van der Waals surface area (Å²) in [6, 6.07) is 4.31. The zero-order valence-corrected chi connectivity index (χ0v) is 13.5. The van der Waals surface area contributed by atoms with Gasteiger partial charge >= 0.3 is 0 Å². The maximum Gasteiger partial charge on any atom is 0.151 e. The van der Waals surface area contributed by atoms with Crippen molar-refractivity contribution in [2.75, 3.05) is 0 Å². The molecule has 0 radical (unpaired) electrons. The minimum atomic E-state index is -0.995. The van der Waals surface area contributed by atoms with Gasteiger partial charge in [0.05, 0.1) is 0 Å². The molecule has 1 saturated carbocycles. The second-order valence-corrected chi connectivity index (χ2v) is 6.94. The first-order chi connectivity index (χ1) is 10.4. The number of carbonyl (C=O) groups excluding carboxylic acids is 3. The van der Waals surface area contributed by atoms with E-state index in [0.717, 1.165) is 12.8 Å². The Labute approximate surface area is 131 Å². The smallest absolute Gasteiger partial charge is 0.151 e. The van der Waals surface area contributed by atoms with Crippen molar-refractivity contribution in [2.24, 2.45) is 5.92 Å². The second kappa shape index (κ2) is 5.15. The van der Waals surface area contributed by atoms with Crippen molar-refractivity contribution in [3.63, 3.8) is 0 Å². The number of hydrogen-bond donors (Lipinski definition) is 0. The maximum absolute atomic E-state index is 12.5. The van der Waals surface area contributed by atoms with E-state index in [4.69, 9.17) is 0 Å². The molecule has 0 bridgehead atoms. The van der Waals surface area contributed by atoms with Crippen molar-refractivity contribution in [2.45, 2.75) is 58.3 Å². The zero-order chi connectivity index (χ0) is 16.1. The maximum atomic E-state index is 12.5. The van der Waals surface area contributed by atoms with Crippen molar-refractivity contribution < 1.29 is 14.4 Å². The molecule has 22 heavy (non-hydrogen) atoms. The number of Topliss-reactive ketones (excluding diaryl/α,β-unsaturated/α-hetero) is 3. The summed E-state index contributed by atoms with van der Waals surface area (Å²) in [5.41, 5.74) is 4.51. The third kappa shape index (κ3) is 2.15. The van der Waals surface area contributed by atoms with Crippen LogP contribution in [0.1, 0.15) is 54.9 Å². The molecule has 3 heteroatoms.